The molecule has 1 aromatic rings. The van der Waals surface area contributed by atoms with Crippen LogP contribution >= 0.6 is 0 Å². The summed E-state index contributed by atoms with van der Waals surface area (Å²) in [5, 5.41) is 13.9. The maximum Gasteiger partial charge on any atom is 0.269 e. The Balaban J connectivity index is 1.85. The van der Waals surface area contributed by atoms with E-state index < -0.39 is 0 Å². The summed E-state index contributed by atoms with van der Waals surface area (Å²) in [7, 11) is 0. The van der Waals surface area contributed by atoms with Crippen LogP contribution in [0.1, 0.15) is 44.1 Å². The minimum Gasteiger partial charge on any atom is -0.353 e. The molecule has 1 amide bonds. The van der Waals surface area contributed by atoms with Crippen molar-refractivity contribution in [1.29, 1.82) is 0 Å². The fourth-order valence-electron chi connectivity index (χ4n) is 3.88. The summed E-state index contributed by atoms with van der Waals surface area (Å²) in [5.41, 5.74) is 1.16. The van der Waals surface area contributed by atoms with Crippen molar-refractivity contribution in [3.63, 3.8) is 0 Å². The molecule has 0 radical (unpaired) electrons. The van der Waals surface area contributed by atoms with Crippen LogP contribution in [-0.2, 0) is 4.79 Å². The Bertz CT molecular complexity index is 555. The van der Waals surface area contributed by atoms with Crippen molar-refractivity contribution in [3.05, 3.63) is 39.9 Å². The van der Waals surface area contributed by atoms with Crippen molar-refractivity contribution in [1.82, 2.24) is 5.32 Å². The van der Waals surface area contributed by atoms with Crippen LogP contribution < -0.4 is 5.32 Å². The largest absolute Gasteiger partial charge is 0.353 e. The van der Waals surface area contributed by atoms with E-state index in [9.17, 15) is 14.9 Å². The van der Waals surface area contributed by atoms with Gasteiger partial charge in [0, 0.05) is 24.6 Å². The van der Waals surface area contributed by atoms with Gasteiger partial charge in [0.1, 0.15) is 0 Å². The van der Waals surface area contributed by atoms with Crippen LogP contribution in [0.3, 0.4) is 0 Å². The number of nitro groups is 1. The predicted molar refractivity (Wildman–Crippen MR) is 78.9 cm³/mol. The van der Waals surface area contributed by atoms with Crippen LogP contribution in [0, 0.1) is 22.0 Å². The summed E-state index contributed by atoms with van der Waals surface area (Å²) in [6.45, 7) is 2.23. The normalized spacial score (nSPS) is 32.1. The predicted octanol–water partition coefficient (Wildman–Crippen LogP) is 3.00. The zero-order chi connectivity index (χ0) is 15.0. The highest BCUT2D eigenvalue weighted by atomic mass is 16.6. The first-order valence-electron chi connectivity index (χ1n) is 7.58. The number of carbonyl (C=O) groups is 1. The molecule has 1 aliphatic heterocycles. The van der Waals surface area contributed by atoms with Gasteiger partial charge in [-0.1, -0.05) is 25.5 Å². The van der Waals surface area contributed by atoms with Crippen molar-refractivity contribution in [3.8, 4) is 0 Å². The maximum atomic E-state index is 12.0. The minimum absolute atomic E-state index is 0.104. The van der Waals surface area contributed by atoms with Gasteiger partial charge >= 0.3 is 0 Å². The van der Waals surface area contributed by atoms with E-state index in [2.05, 4.69) is 12.2 Å². The summed E-state index contributed by atoms with van der Waals surface area (Å²) >= 11 is 0. The van der Waals surface area contributed by atoms with E-state index in [1.54, 1.807) is 12.1 Å². The fourth-order valence-corrected chi connectivity index (χ4v) is 3.88. The molecule has 2 fully saturated rings. The average Bonchev–Trinajstić information content (AvgIpc) is 2.46. The second-order valence-corrected chi connectivity index (χ2v) is 6.42. The van der Waals surface area contributed by atoms with Crippen LogP contribution in [0.15, 0.2) is 24.3 Å². The number of nitrogens with one attached hydrogen (secondary N) is 1. The Morgan fingerprint density at radius 2 is 1.95 bits per heavy atom. The zero-order valence-corrected chi connectivity index (χ0v) is 12.1. The highest BCUT2D eigenvalue weighted by Gasteiger charge is 2.40. The Morgan fingerprint density at radius 1 is 1.24 bits per heavy atom. The van der Waals surface area contributed by atoms with Gasteiger partial charge in [-0.05, 0) is 36.2 Å². The molecule has 1 aliphatic carbocycles. The lowest BCUT2D eigenvalue weighted by Crippen LogP contribution is -2.50. The number of carbonyl (C=O) groups excluding carboxylic acids is 1. The first-order valence-corrected chi connectivity index (χ1v) is 7.58. The quantitative estimate of drug-likeness (QED) is 0.671. The van der Waals surface area contributed by atoms with Gasteiger partial charge in [0.15, 0.2) is 0 Å². The fraction of sp³-hybridized carbons (Fsp3) is 0.562. The van der Waals surface area contributed by atoms with E-state index >= 15 is 0 Å². The molecule has 1 heterocycles. The molecule has 1 aromatic carbocycles. The number of piperidine rings is 1. The summed E-state index contributed by atoms with van der Waals surface area (Å²) in [4.78, 5) is 22.3. The number of fused-ring (bicyclic) bond motifs is 1. The highest BCUT2D eigenvalue weighted by molar-refractivity contribution is 5.78. The van der Waals surface area contributed by atoms with Crippen LogP contribution in [-0.4, -0.2) is 16.9 Å². The molecule has 0 spiro atoms. The standard InChI is InChI=1S/C16H20N2O3/c1-10-2-7-13-14(9-16(19)17-15(13)8-10)11-3-5-12(6-4-11)18(20)21/h3-6,10,13-15H,2,7-9H2,1H3,(H,17,19). The molecule has 4 atom stereocenters. The number of benzene rings is 1. The Hall–Kier alpha value is -1.91. The summed E-state index contributed by atoms with van der Waals surface area (Å²) < 4.78 is 0. The van der Waals surface area contributed by atoms with Gasteiger partial charge in [0.2, 0.25) is 5.91 Å². The van der Waals surface area contributed by atoms with Crippen molar-refractivity contribution in [2.45, 2.75) is 44.6 Å². The molecule has 0 aromatic heterocycles. The van der Waals surface area contributed by atoms with E-state index in [-0.39, 0.29) is 28.5 Å². The lowest BCUT2D eigenvalue weighted by Gasteiger charge is -2.43. The second-order valence-electron chi connectivity index (χ2n) is 6.42. The topological polar surface area (TPSA) is 72.2 Å². The van der Waals surface area contributed by atoms with Crippen LogP contribution in [0.5, 0.6) is 0 Å². The van der Waals surface area contributed by atoms with E-state index in [1.165, 1.54) is 6.42 Å². The lowest BCUT2D eigenvalue weighted by atomic mass is 9.68. The third-order valence-electron chi connectivity index (χ3n) is 4.97. The number of rotatable bonds is 2. The molecule has 1 N–H and O–H groups in total. The molecule has 4 unspecified atom stereocenters. The van der Waals surface area contributed by atoms with E-state index in [4.69, 9.17) is 0 Å². The van der Waals surface area contributed by atoms with Crippen molar-refractivity contribution in [2.24, 2.45) is 11.8 Å². The lowest BCUT2D eigenvalue weighted by molar-refractivity contribution is -0.384. The zero-order valence-electron chi connectivity index (χ0n) is 12.1. The first kappa shape index (κ1) is 14.0. The van der Waals surface area contributed by atoms with Gasteiger partial charge in [-0.3, -0.25) is 14.9 Å². The summed E-state index contributed by atoms with van der Waals surface area (Å²) in [6.07, 6.45) is 3.85. The molecular weight excluding hydrogens is 268 g/mol. The first-order chi connectivity index (χ1) is 10.0. The van der Waals surface area contributed by atoms with Crippen LogP contribution in [0.4, 0.5) is 5.69 Å². The molecule has 5 heteroatoms. The van der Waals surface area contributed by atoms with Gasteiger partial charge in [-0.2, -0.15) is 0 Å². The van der Waals surface area contributed by atoms with Crippen LogP contribution in [0.2, 0.25) is 0 Å². The van der Waals surface area contributed by atoms with Crippen molar-refractivity contribution in [2.75, 3.05) is 0 Å². The monoisotopic (exact) mass is 288 g/mol. The Kier molecular flexibility index (Phi) is 3.66. The molecule has 0 bridgehead atoms. The number of amides is 1. The van der Waals surface area contributed by atoms with Crippen LogP contribution in [0.25, 0.3) is 0 Å². The minimum atomic E-state index is -0.386. The van der Waals surface area contributed by atoms with Crippen molar-refractivity contribution < 1.29 is 9.72 Å². The molecule has 21 heavy (non-hydrogen) atoms. The van der Waals surface area contributed by atoms with Crippen molar-refractivity contribution >= 4 is 11.6 Å². The number of hydrogen-bond donors (Lipinski definition) is 1. The van der Waals surface area contributed by atoms with Gasteiger partial charge in [-0.25, -0.2) is 0 Å². The Labute approximate surface area is 123 Å². The van der Waals surface area contributed by atoms with Gasteiger partial charge in [0.05, 0.1) is 4.92 Å². The number of nitrogens with zero attached hydrogens (tertiary/aromatic N) is 1. The number of non-ortho nitro benzene ring substituents is 1. The van der Waals surface area contributed by atoms with Gasteiger partial charge < -0.3 is 5.32 Å². The van der Waals surface area contributed by atoms with E-state index in [0.29, 0.717) is 18.3 Å². The third-order valence-corrected chi connectivity index (χ3v) is 4.97. The molecule has 1 saturated carbocycles. The summed E-state index contributed by atoms with van der Waals surface area (Å²) in [6, 6.07) is 6.98. The van der Waals surface area contributed by atoms with E-state index in [0.717, 1.165) is 18.4 Å². The highest BCUT2D eigenvalue weighted by Crippen LogP contribution is 2.42. The smallest absolute Gasteiger partial charge is 0.269 e. The molecular formula is C16H20N2O3. The SMILES string of the molecule is CC1CCC2C(C1)NC(=O)CC2c1ccc([N+](=O)[O-])cc1. The average molecular weight is 288 g/mol. The molecule has 1 saturated heterocycles. The third kappa shape index (κ3) is 2.77. The second kappa shape index (κ2) is 5.47. The number of nitro benzene ring substituents is 1. The molecule has 2 aliphatic rings. The Morgan fingerprint density at radius 3 is 2.62 bits per heavy atom. The summed E-state index contributed by atoms with van der Waals surface area (Å²) in [5.74, 6) is 1.41. The maximum absolute atomic E-state index is 12.0. The van der Waals surface area contributed by atoms with Gasteiger partial charge in [0.25, 0.3) is 5.69 Å². The van der Waals surface area contributed by atoms with Gasteiger partial charge in [-0.15, -0.1) is 0 Å². The molecule has 112 valence electrons. The van der Waals surface area contributed by atoms with E-state index in [1.807, 2.05) is 12.1 Å². The molecule has 3 rings (SSSR count). The number of hydrogen-bond acceptors (Lipinski definition) is 3. The molecule has 5 nitrogen and oxygen atoms in total.